The van der Waals surface area contributed by atoms with E-state index in [1.165, 1.54) is 12.1 Å². The predicted molar refractivity (Wildman–Crippen MR) is 125 cm³/mol. The molecule has 1 atom stereocenters. The van der Waals surface area contributed by atoms with Crippen LogP contribution >= 0.6 is 0 Å². The maximum atomic E-state index is 14.1. The second-order valence-corrected chi connectivity index (χ2v) is 10.1. The number of rotatable bonds is 4. The van der Waals surface area contributed by atoms with Crippen LogP contribution < -0.4 is 0 Å². The summed E-state index contributed by atoms with van der Waals surface area (Å²) in [5.41, 5.74) is 2.89. The van der Waals surface area contributed by atoms with E-state index in [-0.39, 0.29) is 17.8 Å². The van der Waals surface area contributed by atoms with Crippen LogP contribution in [0.15, 0.2) is 42.5 Å². The molecule has 2 aromatic carbocycles. The Morgan fingerprint density at radius 2 is 1.68 bits per heavy atom. The second-order valence-electron chi connectivity index (χ2n) is 10.1. The summed E-state index contributed by atoms with van der Waals surface area (Å²) in [6.45, 7) is 6.97. The van der Waals surface area contributed by atoms with Crippen molar-refractivity contribution in [3.8, 4) is 0 Å². The Morgan fingerprint density at radius 3 is 2.35 bits per heavy atom. The lowest BCUT2D eigenvalue weighted by Crippen LogP contribution is -2.50. The molecule has 5 rings (SSSR count). The molecule has 3 saturated heterocycles. The zero-order valence-corrected chi connectivity index (χ0v) is 19.8. The van der Waals surface area contributed by atoms with Gasteiger partial charge in [0.05, 0.1) is 18.5 Å². The first kappa shape index (κ1) is 22.8. The van der Waals surface area contributed by atoms with Gasteiger partial charge in [-0.1, -0.05) is 41.5 Å². The minimum Gasteiger partial charge on any atom is -0.439 e. The van der Waals surface area contributed by atoms with Gasteiger partial charge < -0.3 is 14.4 Å². The highest BCUT2D eigenvalue weighted by molar-refractivity contribution is 5.89. The van der Waals surface area contributed by atoms with Crippen LogP contribution in [0.5, 0.6) is 0 Å². The van der Waals surface area contributed by atoms with Gasteiger partial charge in [-0.2, -0.15) is 0 Å². The van der Waals surface area contributed by atoms with E-state index in [2.05, 4.69) is 32.0 Å². The quantitative estimate of drug-likeness (QED) is 0.680. The van der Waals surface area contributed by atoms with Gasteiger partial charge in [0.15, 0.2) is 5.60 Å². The standard InChI is InChI=1S/C27H31FN2O4/c1-19-13-20(2)15-22(14-19)27(8-11-33-12-9-27)24(31)29-10-7-26(17-29)18-30(25(32)34-26)16-21-3-5-23(28)6-4-21/h3-6,13-15H,7-12,16-18H2,1-2H3. The van der Waals surface area contributed by atoms with Crippen molar-refractivity contribution in [3.05, 3.63) is 70.5 Å². The molecule has 0 aromatic heterocycles. The number of ether oxygens (including phenoxy) is 2. The number of nitrogens with zero attached hydrogens (tertiary/aromatic N) is 2. The Kier molecular flexibility index (Phi) is 5.84. The summed E-state index contributed by atoms with van der Waals surface area (Å²) in [6, 6.07) is 12.5. The molecule has 3 fully saturated rings. The van der Waals surface area contributed by atoms with Crippen LogP contribution in [-0.2, 0) is 26.2 Å². The molecule has 2 amide bonds. The van der Waals surface area contributed by atoms with E-state index in [1.54, 1.807) is 17.0 Å². The van der Waals surface area contributed by atoms with E-state index >= 15 is 0 Å². The maximum absolute atomic E-state index is 14.1. The number of benzene rings is 2. The summed E-state index contributed by atoms with van der Waals surface area (Å²) in [5, 5.41) is 0. The summed E-state index contributed by atoms with van der Waals surface area (Å²) >= 11 is 0. The van der Waals surface area contributed by atoms with Gasteiger partial charge in [-0.25, -0.2) is 9.18 Å². The molecule has 7 heteroatoms. The van der Waals surface area contributed by atoms with E-state index in [0.717, 1.165) is 22.3 Å². The zero-order valence-electron chi connectivity index (χ0n) is 19.8. The van der Waals surface area contributed by atoms with Crippen molar-refractivity contribution in [1.82, 2.24) is 9.80 Å². The molecule has 180 valence electrons. The fraction of sp³-hybridized carbons (Fsp3) is 0.481. The van der Waals surface area contributed by atoms with Gasteiger partial charge in [-0.3, -0.25) is 9.69 Å². The van der Waals surface area contributed by atoms with Gasteiger partial charge in [0, 0.05) is 32.7 Å². The molecule has 3 heterocycles. The van der Waals surface area contributed by atoms with Crippen molar-refractivity contribution in [1.29, 1.82) is 0 Å². The van der Waals surface area contributed by atoms with Crippen molar-refractivity contribution in [3.63, 3.8) is 0 Å². The third-order valence-corrected chi connectivity index (χ3v) is 7.46. The third kappa shape index (κ3) is 4.17. The highest BCUT2D eigenvalue weighted by Crippen LogP contribution is 2.41. The fourth-order valence-electron chi connectivity index (χ4n) is 5.75. The molecular weight excluding hydrogens is 435 g/mol. The summed E-state index contributed by atoms with van der Waals surface area (Å²) in [4.78, 5) is 30.2. The molecule has 3 aliphatic rings. The molecule has 0 bridgehead atoms. The zero-order chi connectivity index (χ0) is 23.9. The molecule has 1 unspecified atom stereocenters. The summed E-state index contributed by atoms with van der Waals surface area (Å²) in [7, 11) is 0. The molecular formula is C27H31FN2O4. The number of carbonyl (C=O) groups is 2. The van der Waals surface area contributed by atoms with Gasteiger partial charge in [-0.05, 0) is 49.9 Å². The van der Waals surface area contributed by atoms with E-state index < -0.39 is 11.0 Å². The number of aryl methyl sites for hydroxylation is 2. The van der Waals surface area contributed by atoms with Gasteiger partial charge in [0.25, 0.3) is 0 Å². The highest BCUT2D eigenvalue weighted by Gasteiger charge is 2.53. The number of hydrogen-bond donors (Lipinski definition) is 0. The fourth-order valence-corrected chi connectivity index (χ4v) is 5.75. The Balaban J connectivity index is 1.34. The van der Waals surface area contributed by atoms with Crippen LogP contribution in [0.25, 0.3) is 0 Å². The lowest BCUT2D eigenvalue weighted by atomic mass is 9.72. The minimum absolute atomic E-state index is 0.103. The average Bonchev–Trinajstić information content (AvgIpc) is 3.36. The molecule has 2 aromatic rings. The number of likely N-dealkylation sites (tertiary alicyclic amines) is 1. The number of carbonyl (C=O) groups excluding carboxylic acids is 2. The summed E-state index contributed by atoms with van der Waals surface area (Å²) in [5.74, 6) is -0.203. The molecule has 0 aliphatic carbocycles. The van der Waals surface area contributed by atoms with E-state index in [0.29, 0.717) is 58.7 Å². The van der Waals surface area contributed by atoms with Crippen LogP contribution in [0.2, 0.25) is 0 Å². The van der Waals surface area contributed by atoms with Crippen LogP contribution in [0.1, 0.15) is 41.5 Å². The Bertz CT molecular complexity index is 1080. The predicted octanol–water partition coefficient (Wildman–Crippen LogP) is 4.11. The lowest BCUT2D eigenvalue weighted by Gasteiger charge is -2.39. The molecule has 0 saturated carbocycles. The number of halogens is 1. The average molecular weight is 467 g/mol. The van der Waals surface area contributed by atoms with Crippen LogP contribution in [0.4, 0.5) is 9.18 Å². The molecule has 0 radical (unpaired) electrons. The highest BCUT2D eigenvalue weighted by atomic mass is 19.1. The smallest absolute Gasteiger partial charge is 0.410 e. The lowest BCUT2D eigenvalue weighted by molar-refractivity contribution is -0.141. The van der Waals surface area contributed by atoms with Gasteiger partial charge in [0.2, 0.25) is 5.91 Å². The van der Waals surface area contributed by atoms with E-state index in [4.69, 9.17) is 9.47 Å². The summed E-state index contributed by atoms with van der Waals surface area (Å²) in [6.07, 6.45) is 1.53. The SMILES string of the molecule is Cc1cc(C)cc(C2(C(=O)N3CCC4(CN(Cc5ccc(F)cc5)C(=O)O4)C3)CCOCC2)c1. The van der Waals surface area contributed by atoms with Crippen molar-refractivity contribution in [2.24, 2.45) is 0 Å². The first-order valence-electron chi connectivity index (χ1n) is 12.0. The first-order valence-corrected chi connectivity index (χ1v) is 12.0. The van der Waals surface area contributed by atoms with Crippen LogP contribution in [0.3, 0.4) is 0 Å². The largest absolute Gasteiger partial charge is 0.439 e. The Hall–Kier alpha value is -2.93. The Morgan fingerprint density at radius 1 is 1.00 bits per heavy atom. The Labute approximate surface area is 199 Å². The number of hydrogen-bond acceptors (Lipinski definition) is 4. The van der Waals surface area contributed by atoms with Gasteiger partial charge >= 0.3 is 6.09 Å². The van der Waals surface area contributed by atoms with Crippen molar-refractivity contribution in [2.75, 3.05) is 32.8 Å². The molecule has 34 heavy (non-hydrogen) atoms. The molecule has 1 spiro atoms. The topological polar surface area (TPSA) is 59.1 Å². The van der Waals surface area contributed by atoms with Gasteiger partial charge in [-0.15, -0.1) is 0 Å². The maximum Gasteiger partial charge on any atom is 0.410 e. The normalized spacial score (nSPS) is 24.0. The molecule has 0 N–H and O–H groups in total. The summed E-state index contributed by atoms with van der Waals surface area (Å²) < 4.78 is 24.7. The van der Waals surface area contributed by atoms with Crippen molar-refractivity contribution >= 4 is 12.0 Å². The monoisotopic (exact) mass is 466 g/mol. The van der Waals surface area contributed by atoms with Crippen LogP contribution in [-0.4, -0.2) is 60.2 Å². The van der Waals surface area contributed by atoms with E-state index in [9.17, 15) is 14.0 Å². The van der Waals surface area contributed by atoms with Gasteiger partial charge in [0.1, 0.15) is 5.82 Å². The van der Waals surface area contributed by atoms with E-state index in [1.807, 2.05) is 4.90 Å². The van der Waals surface area contributed by atoms with Crippen LogP contribution in [0, 0.1) is 19.7 Å². The van der Waals surface area contributed by atoms with Crippen molar-refractivity contribution < 1.29 is 23.5 Å². The van der Waals surface area contributed by atoms with Crippen molar-refractivity contribution in [2.45, 2.75) is 50.7 Å². The minimum atomic E-state index is -0.693. The molecule has 6 nitrogen and oxygen atoms in total. The first-order chi connectivity index (χ1) is 16.3. The molecule has 3 aliphatic heterocycles. The third-order valence-electron chi connectivity index (χ3n) is 7.46. The number of amides is 2. The second kappa shape index (κ2) is 8.69.